The minimum absolute atomic E-state index is 0.0671. The molecule has 0 bridgehead atoms. The Morgan fingerprint density at radius 1 is 1.41 bits per heavy atom. The normalized spacial score (nSPS) is 9.94. The van der Waals surface area contributed by atoms with Crippen LogP contribution in [0.4, 0.5) is 0 Å². The maximum absolute atomic E-state index is 11.0. The Morgan fingerprint density at radius 3 is 2.76 bits per heavy atom. The summed E-state index contributed by atoms with van der Waals surface area (Å²) in [6.07, 6.45) is -0.0671. The van der Waals surface area contributed by atoms with E-state index >= 15 is 0 Å². The van der Waals surface area contributed by atoms with E-state index in [-0.39, 0.29) is 12.3 Å². The lowest BCUT2D eigenvalue weighted by atomic mass is 10.2. The maximum Gasteiger partial charge on any atom is 0.234 e. The van der Waals surface area contributed by atoms with Gasteiger partial charge in [-0.3, -0.25) is 4.79 Å². The number of carbonyl (C=O) groups is 1. The van der Waals surface area contributed by atoms with Gasteiger partial charge in [0.2, 0.25) is 5.91 Å². The molecule has 0 fully saturated rings. The fourth-order valence-corrected chi connectivity index (χ4v) is 1.49. The first-order chi connectivity index (χ1) is 8.22. The third-order valence-corrected chi connectivity index (χ3v) is 2.35. The quantitative estimate of drug-likeness (QED) is 0.799. The molecule has 0 aliphatic heterocycles. The van der Waals surface area contributed by atoms with Crippen molar-refractivity contribution < 1.29 is 4.79 Å². The monoisotopic (exact) mass is 231 g/mol. The second-order valence-corrected chi connectivity index (χ2v) is 3.91. The molecular formula is C13H17N3O. The summed E-state index contributed by atoms with van der Waals surface area (Å²) in [5, 5.41) is 11.0. The highest BCUT2D eigenvalue weighted by Crippen LogP contribution is 2.01. The average Bonchev–Trinajstić information content (AvgIpc) is 2.30. The summed E-state index contributed by atoms with van der Waals surface area (Å²) >= 11 is 0. The Kier molecular flexibility index (Phi) is 5.76. The number of likely N-dealkylation sites (N-methyl/N-ethyl adjacent to an activating group) is 1. The molecule has 0 spiro atoms. The lowest BCUT2D eigenvalue weighted by Crippen LogP contribution is -2.32. The molecule has 0 heterocycles. The summed E-state index contributed by atoms with van der Waals surface area (Å²) in [5.74, 6) is -0.208. The summed E-state index contributed by atoms with van der Waals surface area (Å²) in [4.78, 5) is 13.2. The highest BCUT2D eigenvalue weighted by molar-refractivity contribution is 5.77. The molecule has 4 heteroatoms. The molecular weight excluding hydrogens is 214 g/mol. The molecule has 1 amide bonds. The third kappa shape index (κ3) is 5.69. The number of nitrogens with one attached hydrogen (secondary N) is 1. The molecule has 4 nitrogen and oxygen atoms in total. The van der Waals surface area contributed by atoms with Gasteiger partial charge in [-0.15, -0.1) is 0 Å². The van der Waals surface area contributed by atoms with Crippen molar-refractivity contribution in [2.75, 3.05) is 20.1 Å². The first-order valence-electron chi connectivity index (χ1n) is 5.58. The van der Waals surface area contributed by atoms with Gasteiger partial charge < -0.3 is 10.2 Å². The number of hydrogen-bond acceptors (Lipinski definition) is 3. The van der Waals surface area contributed by atoms with E-state index in [1.807, 2.05) is 31.3 Å². The van der Waals surface area contributed by atoms with Gasteiger partial charge in [-0.1, -0.05) is 30.3 Å². The van der Waals surface area contributed by atoms with Crippen molar-refractivity contribution in [3.8, 4) is 6.07 Å². The number of rotatable bonds is 6. The van der Waals surface area contributed by atoms with E-state index in [1.54, 1.807) is 0 Å². The van der Waals surface area contributed by atoms with Gasteiger partial charge in [-0.25, -0.2) is 0 Å². The van der Waals surface area contributed by atoms with Gasteiger partial charge in [0.05, 0.1) is 6.07 Å². The number of amides is 1. The van der Waals surface area contributed by atoms with Crippen molar-refractivity contribution >= 4 is 5.91 Å². The van der Waals surface area contributed by atoms with Crippen LogP contribution in [0.5, 0.6) is 0 Å². The predicted molar refractivity (Wildman–Crippen MR) is 66.0 cm³/mol. The van der Waals surface area contributed by atoms with Crippen molar-refractivity contribution in [2.24, 2.45) is 0 Å². The second kappa shape index (κ2) is 7.42. The van der Waals surface area contributed by atoms with Crippen LogP contribution in [0, 0.1) is 11.3 Å². The SMILES string of the molecule is CN(CCNC(=O)CC#N)Cc1ccccc1. The Labute approximate surface area is 102 Å². The summed E-state index contributed by atoms with van der Waals surface area (Å²) in [6.45, 7) is 2.20. The molecule has 0 radical (unpaired) electrons. The summed E-state index contributed by atoms with van der Waals surface area (Å²) < 4.78 is 0. The molecule has 0 aliphatic carbocycles. The molecule has 0 saturated carbocycles. The van der Waals surface area contributed by atoms with E-state index < -0.39 is 0 Å². The lowest BCUT2D eigenvalue weighted by Gasteiger charge is -2.16. The molecule has 1 rings (SSSR count). The second-order valence-electron chi connectivity index (χ2n) is 3.91. The van der Waals surface area contributed by atoms with Crippen LogP contribution >= 0.6 is 0 Å². The van der Waals surface area contributed by atoms with Crippen molar-refractivity contribution in [3.63, 3.8) is 0 Å². The molecule has 0 saturated heterocycles. The summed E-state index contributed by atoms with van der Waals surface area (Å²) in [5.41, 5.74) is 1.25. The van der Waals surface area contributed by atoms with Crippen LogP contribution in [0.1, 0.15) is 12.0 Å². The molecule has 0 aliphatic rings. The third-order valence-electron chi connectivity index (χ3n) is 2.35. The van der Waals surface area contributed by atoms with Crippen LogP contribution in [0.15, 0.2) is 30.3 Å². The van der Waals surface area contributed by atoms with Gasteiger partial charge >= 0.3 is 0 Å². The molecule has 1 N–H and O–H groups in total. The summed E-state index contributed by atoms with van der Waals surface area (Å²) in [6, 6.07) is 12.0. The summed E-state index contributed by atoms with van der Waals surface area (Å²) in [7, 11) is 2.00. The molecule has 90 valence electrons. The van der Waals surface area contributed by atoms with Gasteiger partial charge in [0, 0.05) is 19.6 Å². The van der Waals surface area contributed by atoms with Crippen LogP contribution < -0.4 is 5.32 Å². The van der Waals surface area contributed by atoms with E-state index in [2.05, 4.69) is 22.3 Å². The number of nitriles is 1. The van der Waals surface area contributed by atoms with Crippen LogP contribution in [0.25, 0.3) is 0 Å². The molecule has 0 aromatic heterocycles. The van der Waals surface area contributed by atoms with Crippen LogP contribution in [-0.2, 0) is 11.3 Å². The fourth-order valence-electron chi connectivity index (χ4n) is 1.49. The zero-order valence-corrected chi connectivity index (χ0v) is 10.0. The average molecular weight is 231 g/mol. The van der Waals surface area contributed by atoms with E-state index in [9.17, 15) is 4.79 Å². The highest BCUT2D eigenvalue weighted by atomic mass is 16.1. The number of hydrogen-bond donors (Lipinski definition) is 1. The molecule has 1 aromatic carbocycles. The highest BCUT2D eigenvalue weighted by Gasteiger charge is 2.02. The van der Waals surface area contributed by atoms with Crippen LogP contribution in [0.3, 0.4) is 0 Å². The van der Waals surface area contributed by atoms with E-state index in [0.29, 0.717) is 6.54 Å². The Morgan fingerprint density at radius 2 is 2.12 bits per heavy atom. The Bertz CT molecular complexity index is 383. The minimum Gasteiger partial charge on any atom is -0.354 e. The van der Waals surface area contributed by atoms with Crippen molar-refractivity contribution in [1.82, 2.24) is 10.2 Å². The van der Waals surface area contributed by atoms with Crippen LogP contribution in [-0.4, -0.2) is 30.9 Å². The van der Waals surface area contributed by atoms with E-state index in [0.717, 1.165) is 13.1 Å². The number of benzene rings is 1. The van der Waals surface area contributed by atoms with Gasteiger partial charge in [-0.2, -0.15) is 5.26 Å². The van der Waals surface area contributed by atoms with Gasteiger partial charge in [0.25, 0.3) is 0 Å². The number of carbonyl (C=O) groups excluding carboxylic acids is 1. The van der Waals surface area contributed by atoms with Crippen molar-refractivity contribution in [3.05, 3.63) is 35.9 Å². The minimum atomic E-state index is -0.208. The topological polar surface area (TPSA) is 56.1 Å². The van der Waals surface area contributed by atoms with Crippen LogP contribution in [0.2, 0.25) is 0 Å². The smallest absolute Gasteiger partial charge is 0.234 e. The van der Waals surface area contributed by atoms with Crippen molar-refractivity contribution in [1.29, 1.82) is 5.26 Å². The Hall–Kier alpha value is -1.86. The van der Waals surface area contributed by atoms with E-state index in [4.69, 9.17) is 5.26 Å². The molecule has 0 unspecified atom stereocenters. The zero-order chi connectivity index (χ0) is 12.5. The maximum atomic E-state index is 11.0. The van der Waals surface area contributed by atoms with Gasteiger partial charge in [0.15, 0.2) is 0 Å². The largest absolute Gasteiger partial charge is 0.354 e. The van der Waals surface area contributed by atoms with Gasteiger partial charge in [0.1, 0.15) is 6.42 Å². The molecule has 0 atom stereocenters. The Balaban J connectivity index is 2.20. The predicted octanol–water partition coefficient (Wildman–Crippen LogP) is 1.15. The van der Waals surface area contributed by atoms with Crippen molar-refractivity contribution in [2.45, 2.75) is 13.0 Å². The van der Waals surface area contributed by atoms with Gasteiger partial charge in [-0.05, 0) is 12.6 Å². The zero-order valence-electron chi connectivity index (χ0n) is 10.0. The first-order valence-corrected chi connectivity index (χ1v) is 5.58. The lowest BCUT2D eigenvalue weighted by molar-refractivity contribution is -0.120. The molecule has 17 heavy (non-hydrogen) atoms. The van der Waals surface area contributed by atoms with E-state index in [1.165, 1.54) is 5.56 Å². The molecule has 1 aromatic rings. The standard InChI is InChI=1S/C13H17N3O/c1-16(10-9-15-13(17)7-8-14)11-12-5-3-2-4-6-12/h2-6H,7,9-11H2,1H3,(H,15,17). The first kappa shape index (κ1) is 13.2. The fraction of sp³-hybridized carbons (Fsp3) is 0.385. The number of nitrogens with zero attached hydrogens (tertiary/aromatic N) is 2.